The molecule has 9 nitrogen and oxygen atoms in total. The van der Waals surface area contributed by atoms with E-state index in [2.05, 4.69) is 25.4 Å². The van der Waals surface area contributed by atoms with Gasteiger partial charge in [-0.25, -0.2) is 4.68 Å². The average Bonchev–Trinajstić information content (AvgIpc) is 3.55. The molecule has 0 saturated carbocycles. The lowest BCUT2D eigenvalue weighted by Crippen LogP contribution is -2.49. The van der Waals surface area contributed by atoms with Crippen LogP contribution < -0.4 is 0 Å². The van der Waals surface area contributed by atoms with Crippen LogP contribution in [0.4, 0.5) is 0 Å². The minimum Gasteiger partial charge on any atom is -0.337 e. The second kappa shape index (κ2) is 9.36. The molecule has 3 heterocycles. The van der Waals surface area contributed by atoms with Crippen LogP contribution in [0.25, 0.3) is 17.1 Å². The number of piperazine rings is 1. The maximum atomic E-state index is 13.0. The van der Waals surface area contributed by atoms with Crippen molar-refractivity contribution in [2.24, 2.45) is 0 Å². The van der Waals surface area contributed by atoms with Gasteiger partial charge in [-0.2, -0.15) is 4.98 Å². The minimum atomic E-state index is -0.148. The first-order valence-electron chi connectivity index (χ1n) is 11.1. The molecule has 174 valence electrons. The molecule has 1 atom stereocenters. The standard InChI is InChI=1S/C24H24ClN7O2/c1-16-7-9-18(10-8-16)22-26-23(34-28-22)17(2)30-11-13-31(14-12-30)24(33)20-15-32(29-27-20)21-6-4-3-5-19(21)25/h3-10,15,17H,11-14H2,1-2H3. The fourth-order valence-corrected chi connectivity index (χ4v) is 4.19. The number of benzene rings is 2. The van der Waals surface area contributed by atoms with E-state index in [1.165, 1.54) is 10.2 Å². The van der Waals surface area contributed by atoms with E-state index >= 15 is 0 Å². The highest BCUT2D eigenvalue weighted by molar-refractivity contribution is 6.32. The molecular weight excluding hydrogens is 454 g/mol. The van der Waals surface area contributed by atoms with Gasteiger partial charge in [0.1, 0.15) is 0 Å². The van der Waals surface area contributed by atoms with Gasteiger partial charge in [0.2, 0.25) is 11.7 Å². The summed E-state index contributed by atoms with van der Waals surface area (Å²) in [5.41, 5.74) is 3.08. The molecule has 1 aliphatic rings. The number of carbonyl (C=O) groups excluding carboxylic acids is 1. The van der Waals surface area contributed by atoms with Gasteiger partial charge in [-0.15, -0.1) is 5.10 Å². The van der Waals surface area contributed by atoms with Crippen molar-refractivity contribution in [1.82, 2.24) is 34.9 Å². The Morgan fingerprint density at radius 3 is 2.53 bits per heavy atom. The van der Waals surface area contributed by atoms with E-state index in [0.717, 1.165) is 5.56 Å². The molecule has 1 amide bonds. The third-order valence-electron chi connectivity index (χ3n) is 6.07. The Labute approximate surface area is 201 Å². The van der Waals surface area contributed by atoms with Crippen molar-refractivity contribution in [2.75, 3.05) is 26.2 Å². The molecule has 2 aromatic heterocycles. The predicted molar refractivity (Wildman–Crippen MR) is 127 cm³/mol. The maximum absolute atomic E-state index is 13.0. The summed E-state index contributed by atoms with van der Waals surface area (Å²) < 4.78 is 7.07. The number of aromatic nitrogens is 5. The highest BCUT2D eigenvalue weighted by atomic mass is 35.5. The molecule has 0 N–H and O–H groups in total. The lowest BCUT2D eigenvalue weighted by molar-refractivity contribution is 0.0546. The van der Waals surface area contributed by atoms with Crippen molar-refractivity contribution in [3.63, 3.8) is 0 Å². The Morgan fingerprint density at radius 1 is 1.06 bits per heavy atom. The van der Waals surface area contributed by atoms with E-state index in [4.69, 9.17) is 16.1 Å². The van der Waals surface area contributed by atoms with Crippen molar-refractivity contribution in [1.29, 1.82) is 0 Å². The van der Waals surface area contributed by atoms with Gasteiger partial charge in [-0.1, -0.05) is 63.9 Å². The summed E-state index contributed by atoms with van der Waals surface area (Å²) >= 11 is 6.23. The predicted octanol–water partition coefficient (Wildman–Crippen LogP) is 3.80. The lowest BCUT2D eigenvalue weighted by atomic mass is 10.1. The monoisotopic (exact) mass is 477 g/mol. The summed E-state index contributed by atoms with van der Waals surface area (Å²) in [5, 5.41) is 12.8. The smallest absolute Gasteiger partial charge is 0.276 e. The summed E-state index contributed by atoms with van der Waals surface area (Å²) in [5.74, 6) is 1.00. The summed E-state index contributed by atoms with van der Waals surface area (Å²) in [6.07, 6.45) is 1.61. The number of hydrogen-bond donors (Lipinski definition) is 0. The number of amides is 1. The summed E-state index contributed by atoms with van der Waals surface area (Å²) in [4.78, 5) is 21.6. The summed E-state index contributed by atoms with van der Waals surface area (Å²) in [7, 11) is 0. The Bertz CT molecular complexity index is 1290. The fourth-order valence-electron chi connectivity index (χ4n) is 3.97. The van der Waals surface area contributed by atoms with Crippen LogP contribution in [0.2, 0.25) is 5.02 Å². The molecule has 0 radical (unpaired) electrons. The molecule has 1 fully saturated rings. The highest BCUT2D eigenvalue weighted by Gasteiger charge is 2.29. The molecule has 10 heteroatoms. The maximum Gasteiger partial charge on any atom is 0.276 e. The van der Waals surface area contributed by atoms with E-state index in [1.807, 2.05) is 56.3 Å². The van der Waals surface area contributed by atoms with Crippen LogP contribution in [-0.4, -0.2) is 67.0 Å². The molecule has 34 heavy (non-hydrogen) atoms. The van der Waals surface area contributed by atoms with Gasteiger partial charge < -0.3 is 9.42 Å². The molecule has 1 unspecified atom stereocenters. The first-order chi connectivity index (χ1) is 16.5. The van der Waals surface area contributed by atoms with Gasteiger partial charge in [0, 0.05) is 31.7 Å². The minimum absolute atomic E-state index is 0.0509. The lowest BCUT2D eigenvalue weighted by Gasteiger charge is -2.36. The van der Waals surface area contributed by atoms with Crippen molar-refractivity contribution in [2.45, 2.75) is 19.9 Å². The van der Waals surface area contributed by atoms with Crippen molar-refractivity contribution in [3.8, 4) is 17.1 Å². The van der Waals surface area contributed by atoms with Gasteiger partial charge in [0.15, 0.2) is 5.69 Å². The molecule has 1 aliphatic heterocycles. The van der Waals surface area contributed by atoms with Gasteiger partial charge in [-0.3, -0.25) is 9.69 Å². The fraction of sp³-hybridized carbons (Fsp3) is 0.292. The summed E-state index contributed by atoms with van der Waals surface area (Å²) in [6.45, 7) is 6.60. The number of hydrogen-bond acceptors (Lipinski definition) is 7. The first-order valence-corrected chi connectivity index (χ1v) is 11.5. The van der Waals surface area contributed by atoms with Crippen LogP contribution in [-0.2, 0) is 0 Å². The third kappa shape index (κ3) is 4.44. The van der Waals surface area contributed by atoms with Crippen molar-refractivity contribution >= 4 is 17.5 Å². The zero-order valence-electron chi connectivity index (χ0n) is 18.9. The third-order valence-corrected chi connectivity index (χ3v) is 6.39. The molecule has 5 rings (SSSR count). The molecular formula is C24H24ClN7O2. The van der Waals surface area contributed by atoms with Gasteiger partial charge in [0.05, 0.1) is 22.9 Å². The highest BCUT2D eigenvalue weighted by Crippen LogP contribution is 2.24. The van der Waals surface area contributed by atoms with E-state index in [9.17, 15) is 4.79 Å². The second-order valence-electron chi connectivity index (χ2n) is 8.33. The van der Waals surface area contributed by atoms with E-state index < -0.39 is 0 Å². The SMILES string of the molecule is Cc1ccc(-c2noc(C(C)N3CCN(C(=O)c4cn(-c5ccccc5Cl)nn4)CC3)n2)cc1. The number of aryl methyl sites for hydroxylation is 1. The number of carbonyl (C=O) groups is 1. The number of halogens is 1. The molecule has 1 saturated heterocycles. The second-order valence-corrected chi connectivity index (χ2v) is 8.73. The number of para-hydroxylation sites is 1. The summed E-state index contributed by atoms with van der Waals surface area (Å²) in [6, 6.07) is 15.3. The Balaban J connectivity index is 1.21. The van der Waals surface area contributed by atoms with Crippen LogP contribution in [0.3, 0.4) is 0 Å². The van der Waals surface area contributed by atoms with Crippen molar-refractivity contribution in [3.05, 3.63) is 76.9 Å². The average molecular weight is 478 g/mol. The van der Waals surface area contributed by atoms with Gasteiger partial charge in [-0.05, 0) is 26.0 Å². The quantitative estimate of drug-likeness (QED) is 0.431. The molecule has 4 aromatic rings. The molecule has 0 bridgehead atoms. The van der Waals surface area contributed by atoms with Gasteiger partial charge in [0.25, 0.3) is 5.91 Å². The van der Waals surface area contributed by atoms with Crippen LogP contribution in [0.15, 0.2) is 59.3 Å². The molecule has 0 aliphatic carbocycles. The van der Waals surface area contributed by atoms with E-state index in [1.54, 1.807) is 17.2 Å². The zero-order valence-corrected chi connectivity index (χ0v) is 19.7. The zero-order chi connectivity index (χ0) is 23.7. The number of rotatable bonds is 5. The number of nitrogens with zero attached hydrogens (tertiary/aromatic N) is 7. The molecule has 0 spiro atoms. The van der Waals surface area contributed by atoms with Crippen LogP contribution in [0.5, 0.6) is 0 Å². The van der Waals surface area contributed by atoms with Crippen LogP contribution in [0.1, 0.15) is 34.9 Å². The van der Waals surface area contributed by atoms with Crippen molar-refractivity contribution < 1.29 is 9.32 Å². The molecule has 2 aromatic carbocycles. The normalized spacial score (nSPS) is 15.4. The largest absolute Gasteiger partial charge is 0.337 e. The van der Waals surface area contributed by atoms with Crippen LogP contribution >= 0.6 is 11.6 Å². The van der Waals surface area contributed by atoms with Gasteiger partial charge >= 0.3 is 0 Å². The first kappa shape index (κ1) is 22.2. The topological polar surface area (TPSA) is 93.2 Å². The Kier molecular flexibility index (Phi) is 6.12. The Morgan fingerprint density at radius 2 is 1.79 bits per heavy atom. The Hall–Kier alpha value is -3.56. The van der Waals surface area contributed by atoms with Crippen LogP contribution in [0, 0.1) is 6.92 Å². The van der Waals surface area contributed by atoms with E-state index in [0.29, 0.717) is 54.3 Å². The van der Waals surface area contributed by atoms with E-state index in [-0.39, 0.29) is 11.9 Å².